The molecule has 0 spiro atoms. The molecule has 0 saturated heterocycles. The Hall–Kier alpha value is -2.56. The van der Waals surface area contributed by atoms with Crippen molar-refractivity contribution in [2.24, 2.45) is 0 Å². The number of Topliss-reactive ketones (excluding diaryl/α,β-unsaturated/α-hetero) is 1. The standard InChI is InChI=1S/C16H19N3O2/c1-11(20)16-17-9-14(18-16)10-21-12(2)13-6-5-7-15(8-13)19(3)4/h5-9H,2,10H2,1,3-4H3,(H,17,18). The largest absolute Gasteiger partial charge is 0.487 e. The molecule has 2 aromatic rings. The van der Waals surface area contributed by atoms with Gasteiger partial charge in [-0.1, -0.05) is 18.7 Å². The monoisotopic (exact) mass is 285 g/mol. The summed E-state index contributed by atoms with van der Waals surface area (Å²) in [4.78, 5) is 20.1. The van der Waals surface area contributed by atoms with Crippen LogP contribution in [0.1, 0.15) is 28.8 Å². The number of ether oxygens (including phenoxy) is 1. The van der Waals surface area contributed by atoms with E-state index >= 15 is 0 Å². The van der Waals surface area contributed by atoms with Crippen LogP contribution in [0.4, 0.5) is 5.69 Å². The SMILES string of the molecule is C=C(OCc1cnc(C(C)=O)[nH]1)c1cccc(N(C)C)c1. The van der Waals surface area contributed by atoms with Gasteiger partial charge in [-0.05, 0) is 12.1 Å². The fraction of sp³-hybridized carbons (Fsp3) is 0.250. The molecule has 21 heavy (non-hydrogen) atoms. The first-order valence-electron chi connectivity index (χ1n) is 6.61. The molecule has 2 rings (SSSR count). The van der Waals surface area contributed by atoms with Crippen molar-refractivity contribution >= 4 is 17.2 Å². The van der Waals surface area contributed by atoms with Crippen molar-refractivity contribution in [1.29, 1.82) is 0 Å². The number of rotatable bonds is 6. The van der Waals surface area contributed by atoms with E-state index in [9.17, 15) is 4.79 Å². The Bertz CT molecular complexity index is 659. The van der Waals surface area contributed by atoms with E-state index in [2.05, 4.69) is 16.5 Å². The summed E-state index contributed by atoms with van der Waals surface area (Å²) in [6, 6.07) is 7.94. The number of nitrogens with one attached hydrogen (secondary N) is 1. The third-order valence-electron chi connectivity index (χ3n) is 3.05. The minimum Gasteiger partial charge on any atom is -0.487 e. The number of aromatic nitrogens is 2. The van der Waals surface area contributed by atoms with Crippen LogP contribution >= 0.6 is 0 Å². The molecule has 0 aliphatic heterocycles. The van der Waals surface area contributed by atoms with E-state index in [1.165, 1.54) is 6.92 Å². The number of imidazole rings is 1. The van der Waals surface area contributed by atoms with Crippen LogP contribution in [0.25, 0.3) is 5.76 Å². The van der Waals surface area contributed by atoms with Crippen LogP contribution in [0, 0.1) is 0 Å². The Kier molecular flexibility index (Phi) is 4.42. The molecule has 110 valence electrons. The maximum absolute atomic E-state index is 11.2. The molecule has 0 aliphatic rings. The maximum atomic E-state index is 11.2. The predicted octanol–water partition coefficient (Wildman–Crippen LogP) is 2.87. The van der Waals surface area contributed by atoms with Gasteiger partial charge in [0.1, 0.15) is 12.4 Å². The van der Waals surface area contributed by atoms with Gasteiger partial charge in [-0.3, -0.25) is 4.79 Å². The van der Waals surface area contributed by atoms with Crippen LogP contribution in [-0.2, 0) is 11.3 Å². The molecule has 0 unspecified atom stereocenters. The van der Waals surface area contributed by atoms with E-state index in [4.69, 9.17) is 4.74 Å². The molecule has 5 nitrogen and oxygen atoms in total. The summed E-state index contributed by atoms with van der Waals surface area (Å²) in [7, 11) is 3.97. The highest BCUT2D eigenvalue weighted by Crippen LogP contribution is 2.20. The molecule has 0 radical (unpaired) electrons. The number of H-pyrrole nitrogens is 1. The Balaban J connectivity index is 2.01. The molecule has 1 N–H and O–H groups in total. The summed E-state index contributed by atoms with van der Waals surface area (Å²) in [5.74, 6) is 0.824. The Morgan fingerprint density at radius 3 is 2.81 bits per heavy atom. The molecular formula is C16H19N3O2. The molecule has 0 aliphatic carbocycles. The van der Waals surface area contributed by atoms with Crippen LogP contribution in [0.5, 0.6) is 0 Å². The molecule has 0 fully saturated rings. The normalized spacial score (nSPS) is 10.2. The zero-order valence-electron chi connectivity index (χ0n) is 12.5. The van der Waals surface area contributed by atoms with Gasteiger partial charge in [0.2, 0.25) is 0 Å². The third-order valence-corrected chi connectivity index (χ3v) is 3.05. The van der Waals surface area contributed by atoms with Crippen molar-refractivity contribution in [2.75, 3.05) is 19.0 Å². The first kappa shape index (κ1) is 14.8. The summed E-state index contributed by atoms with van der Waals surface area (Å²) in [5.41, 5.74) is 2.75. The van der Waals surface area contributed by atoms with Crippen molar-refractivity contribution in [2.45, 2.75) is 13.5 Å². The second-order valence-electron chi connectivity index (χ2n) is 4.97. The summed E-state index contributed by atoms with van der Waals surface area (Å²) in [5, 5.41) is 0. The van der Waals surface area contributed by atoms with Crippen LogP contribution in [0.2, 0.25) is 0 Å². The summed E-state index contributed by atoms with van der Waals surface area (Å²) >= 11 is 0. The van der Waals surface area contributed by atoms with Gasteiger partial charge in [0.15, 0.2) is 11.6 Å². The molecular weight excluding hydrogens is 266 g/mol. The lowest BCUT2D eigenvalue weighted by Gasteiger charge is -2.14. The number of carbonyl (C=O) groups is 1. The first-order valence-corrected chi connectivity index (χ1v) is 6.61. The van der Waals surface area contributed by atoms with Gasteiger partial charge in [-0.2, -0.15) is 0 Å². The van der Waals surface area contributed by atoms with Gasteiger partial charge >= 0.3 is 0 Å². The minimum atomic E-state index is -0.0984. The van der Waals surface area contributed by atoms with Crippen LogP contribution in [0.3, 0.4) is 0 Å². The van der Waals surface area contributed by atoms with Crippen molar-refractivity contribution < 1.29 is 9.53 Å². The molecule has 0 atom stereocenters. The van der Waals surface area contributed by atoms with Crippen molar-refractivity contribution in [3.8, 4) is 0 Å². The first-order chi connectivity index (χ1) is 9.97. The van der Waals surface area contributed by atoms with Crippen molar-refractivity contribution in [3.63, 3.8) is 0 Å². The number of nitrogens with zero attached hydrogens (tertiary/aromatic N) is 2. The second-order valence-corrected chi connectivity index (χ2v) is 4.97. The Morgan fingerprint density at radius 2 is 2.19 bits per heavy atom. The van der Waals surface area contributed by atoms with Gasteiger partial charge in [0.25, 0.3) is 0 Å². The number of aromatic amines is 1. The summed E-state index contributed by atoms with van der Waals surface area (Å²) in [6.45, 7) is 5.70. The van der Waals surface area contributed by atoms with E-state index in [1.807, 2.05) is 43.3 Å². The molecule has 0 amide bonds. The topological polar surface area (TPSA) is 58.2 Å². The minimum absolute atomic E-state index is 0.0984. The Morgan fingerprint density at radius 1 is 1.43 bits per heavy atom. The van der Waals surface area contributed by atoms with Crippen molar-refractivity contribution in [1.82, 2.24) is 9.97 Å². The average molecular weight is 285 g/mol. The summed E-state index contributed by atoms with van der Waals surface area (Å²) < 4.78 is 5.65. The van der Waals surface area contributed by atoms with E-state index < -0.39 is 0 Å². The molecule has 1 aromatic carbocycles. The number of carbonyl (C=O) groups excluding carboxylic acids is 1. The van der Waals surface area contributed by atoms with Crippen LogP contribution < -0.4 is 4.90 Å². The maximum Gasteiger partial charge on any atom is 0.194 e. The van der Waals surface area contributed by atoms with Gasteiger partial charge in [0, 0.05) is 32.3 Å². The number of anilines is 1. The van der Waals surface area contributed by atoms with Gasteiger partial charge in [-0.15, -0.1) is 0 Å². The lowest BCUT2D eigenvalue weighted by atomic mass is 10.1. The number of benzene rings is 1. The molecule has 1 heterocycles. The number of ketones is 1. The Labute approximate surface area is 124 Å². The average Bonchev–Trinajstić information content (AvgIpc) is 2.94. The number of hydrogen-bond donors (Lipinski definition) is 1. The quantitative estimate of drug-likeness (QED) is 0.655. The zero-order valence-corrected chi connectivity index (χ0v) is 12.5. The fourth-order valence-electron chi connectivity index (χ4n) is 1.82. The number of hydrogen-bond acceptors (Lipinski definition) is 4. The predicted molar refractivity (Wildman–Crippen MR) is 83.2 cm³/mol. The highest BCUT2D eigenvalue weighted by atomic mass is 16.5. The van der Waals surface area contributed by atoms with E-state index in [0.717, 1.165) is 16.9 Å². The van der Waals surface area contributed by atoms with Crippen LogP contribution in [0.15, 0.2) is 37.0 Å². The lowest BCUT2D eigenvalue weighted by Crippen LogP contribution is -2.08. The van der Waals surface area contributed by atoms with E-state index in [-0.39, 0.29) is 5.78 Å². The molecule has 1 aromatic heterocycles. The zero-order chi connectivity index (χ0) is 15.4. The highest BCUT2D eigenvalue weighted by Gasteiger charge is 2.07. The lowest BCUT2D eigenvalue weighted by molar-refractivity contribution is 0.100. The van der Waals surface area contributed by atoms with Gasteiger partial charge < -0.3 is 14.6 Å². The van der Waals surface area contributed by atoms with E-state index in [1.54, 1.807) is 6.20 Å². The molecule has 0 saturated carbocycles. The second kappa shape index (κ2) is 6.26. The third kappa shape index (κ3) is 3.72. The smallest absolute Gasteiger partial charge is 0.194 e. The summed E-state index contributed by atoms with van der Waals surface area (Å²) in [6.07, 6.45) is 1.60. The highest BCUT2D eigenvalue weighted by molar-refractivity contribution is 5.90. The van der Waals surface area contributed by atoms with Gasteiger partial charge in [0.05, 0.1) is 11.9 Å². The molecule has 0 bridgehead atoms. The van der Waals surface area contributed by atoms with Crippen molar-refractivity contribution in [3.05, 3.63) is 54.1 Å². The van der Waals surface area contributed by atoms with Crippen LogP contribution in [-0.4, -0.2) is 29.8 Å². The van der Waals surface area contributed by atoms with Gasteiger partial charge in [-0.25, -0.2) is 4.98 Å². The van der Waals surface area contributed by atoms with E-state index in [0.29, 0.717) is 18.2 Å². The fourth-order valence-corrected chi connectivity index (χ4v) is 1.82. The molecule has 5 heteroatoms.